The van der Waals surface area contributed by atoms with Gasteiger partial charge < -0.3 is 15.5 Å². The number of benzene rings is 1. The molecule has 0 saturated carbocycles. The number of amides is 1. The predicted octanol–water partition coefficient (Wildman–Crippen LogP) is 5.78. The summed E-state index contributed by atoms with van der Waals surface area (Å²) in [5, 5.41) is 6.62. The number of nitrogens with zero attached hydrogens (tertiary/aromatic N) is 2. The Hall–Kier alpha value is -3.18. The zero-order valence-corrected chi connectivity index (χ0v) is 20.8. The number of allylic oxidation sites excluding steroid dienone is 4. The summed E-state index contributed by atoms with van der Waals surface area (Å²) in [6, 6.07) is 10.1. The number of aromatic nitrogens is 1. The summed E-state index contributed by atoms with van der Waals surface area (Å²) in [6.07, 6.45) is 13.7. The van der Waals surface area contributed by atoms with Gasteiger partial charge in [-0.2, -0.15) is 0 Å². The summed E-state index contributed by atoms with van der Waals surface area (Å²) in [5.74, 6) is 0.450. The smallest absolute Gasteiger partial charge is 0.251 e. The van der Waals surface area contributed by atoms with Crippen molar-refractivity contribution in [1.82, 2.24) is 15.2 Å². The van der Waals surface area contributed by atoms with Gasteiger partial charge in [-0.15, -0.1) is 0 Å². The minimum atomic E-state index is -0.0149. The van der Waals surface area contributed by atoms with Crippen molar-refractivity contribution in [3.8, 4) is 0 Å². The maximum absolute atomic E-state index is 13.4. The molecule has 2 atom stereocenters. The quantitative estimate of drug-likeness (QED) is 0.573. The number of hydrogen-bond acceptors (Lipinski definition) is 4. The van der Waals surface area contributed by atoms with E-state index in [0.29, 0.717) is 11.5 Å². The van der Waals surface area contributed by atoms with Gasteiger partial charge in [0.15, 0.2) is 0 Å². The van der Waals surface area contributed by atoms with Crippen molar-refractivity contribution in [3.05, 3.63) is 88.8 Å². The molecule has 2 heterocycles. The highest BCUT2D eigenvalue weighted by Gasteiger charge is 2.28. The van der Waals surface area contributed by atoms with Crippen molar-refractivity contribution in [2.75, 3.05) is 32.5 Å². The molecule has 5 heteroatoms. The molecule has 4 rings (SSSR count). The molecule has 1 aliphatic carbocycles. The third-order valence-electron chi connectivity index (χ3n) is 6.75. The Morgan fingerprint density at radius 3 is 2.56 bits per heavy atom. The minimum absolute atomic E-state index is 0. The van der Waals surface area contributed by atoms with Gasteiger partial charge in [0, 0.05) is 58.2 Å². The Kier molecular flexibility index (Phi) is 7.63. The monoisotopic (exact) mass is 460 g/mol. The molecule has 0 radical (unpaired) electrons. The largest absolute Gasteiger partial charge is 0.388 e. The summed E-state index contributed by atoms with van der Waals surface area (Å²) in [4.78, 5) is 19.9. The zero-order valence-electron chi connectivity index (χ0n) is 20.8. The Balaban J connectivity index is 0.00000228. The van der Waals surface area contributed by atoms with Crippen LogP contribution in [0.4, 0.5) is 5.69 Å². The standard InChI is InChI=1S/C29H36N4O.2H2/c1-20(2)28(22-12-14-31-15-13-22)26-17-23(10-11-27(26)30-3)29(34)32-25-16-24(18-33(4)19-25)21-8-6-5-7-9-21;;/h6,8-15,17,24-25,30H,5,7,16,18-19H2,1-4H3,(H,32,34);2*1H. The molecule has 1 aliphatic heterocycles. The number of pyridine rings is 1. The van der Waals surface area contributed by atoms with E-state index in [1.807, 2.05) is 37.4 Å². The van der Waals surface area contributed by atoms with Crippen molar-refractivity contribution < 1.29 is 7.65 Å². The second-order valence-corrected chi connectivity index (χ2v) is 9.63. The fraction of sp³-hybridized carbons (Fsp3) is 0.379. The lowest BCUT2D eigenvalue weighted by molar-refractivity contribution is 0.0899. The van der Waals surface area contributed by atoms with Crippen molar-refractivity contribution in [3.63, 3.8) is 0 Å². The Morgan fingerprint density at radius 1 is 1.09 bits per heavy atom. The third-order valence-corrected chi connectivity index (χ3v) is 6.75. The molecule has 0 bridgehead atoms. The number of anilines is 1. The number of carbonyl (C=O) groups is 1. The van der Waals surface area contributed by atoms with Gasteiger partial charge in [0.25, 0.3) is 5.91 Å². The Labute approximate surface area is 206 Å². The van der Waals surface area contributed by atoms with Crippen molar-refractivity contribution in [2.24, 2.45) is 5.92 Å². The van der Waals surface area contributed by atoms with Gasteiger partial charge >= 0.3 is 0 Å². The highest BCUT2D eigenvalue weighted by Crippen LogP contribution is 2.33. The lowest BCUT2D eigenvalue weighted by atomic mass is 9.85. The van der Waals surface area contributed by atoms with Crippen LogP contribution in [0.15, 0.2) is 72.1 Å². The molecule has 2 N–H and O–H groups in total. The molecule has 182 valence electrons. The van der Waals surface area contributed by atoms with Crippen LogP contribution in [-0.4, -0.2) is 49.0 Å². The van der Waals surface area contributed by atoms with E-state index < -0.39 is 0 Å². The van der Waals surface area contributed by atoms with E-state index >= 15 is 0 Å². The highest BCUT2D eigenvalue weighted by molar-refractivity contribution is 5.98. The summed E-state index contributed by atoms with van der Waals surface area (Å²) in [5.41, 5.74) is 7.53. The number of piperidine rings is 1. The first-order valence-electron chi connectivity index (χ1n) is 12.2. The summed E-state index contributed by atoms with van der Waals surface area (Å²) in [7, 11) is 4.06. The van der Waals surface area contributed by atoms with E-state index in [-0.39, 0.29) is 14.8 Å². The lowest BCUT2D eigenvalue weighted by Crippen LogP contribution is -2.49. The van der Waals surface area contributed by atoms with E-state index in [4.69, 9.17) is 0 Å². The summed E-state index contributed by atoms with van der Waals surface area (Å²) < 4.78 is 0. The van der Waals surface area contributed by atoms with Crippen LogP contribution in [0, 0.1) is 5.92 Å². The maximum atomic E-state index is 13.4. The fourth-order valence-electron chi connectivity index (χ4n) is 5.21. The molecular formula is C29H40N4O. The first-order valence-corrected chi connectivity index (χ1v) is 12.2. The van der Waals surface area contributed by atoms with Crippen LogP contribution in [0.5, 0.6) is 0 Å². The van der Waals surface area contributed by atoms with Crippen LogP contribution in [-0.2, 0) is 0 Å². The topological polar surface area (TPSA) is 57.3 Å². The van der Waals surface area contributed by atoms with Crippen LogP contribution in [0.3, 0.4) is 0 Å². The predicted molar refractivity (Wildman–Crippen MR) is 145 cm³/mol. The molecule has 2 aromatic rings. The maximum Gasteiger partial charge on any atom is 0.251 e. The number of hydrogen-bond donors (Lipinski definition) is 2. The van der Waals surface area contributed by atoms with Crippen molar-refractivity contribution >= 4 is 17.2 Å². The zero-order chi connectivity index (χ0) is 24.1. The van der Waals surface area contributed by atoms with Gasteiger partial charge in [0.2, 0.25) is 0 Å². The molecule has 1 aromatic carbocycles. The van der Waals surface area contributed by atoms with Crippen LogP contribution >= 0.6 is 0 Å². The van der Waals surface area contributed by atoms with Gasteiger partial charge in [-0.1, -0.05) is 23.8 Å². The van der Waals surface area contributed by atoms with Gasteiger partial charge in [-0.3, -0.25) is 9.78 Å². The second-order valence-electron chi connectivity index (χ2n) is 9.63. The molecule has 2 unspecified atom stereocenters. The van der Waals surface area contributed by atoms with Gasteiger partial charge in [0.1, 0.15) is 0 Å². The number of nitrogens with one attached hydrogen (secondary N) is 2. The Morgan fingerprint density at radius 2 is 1.88 bits per heavy atom. The van der Waals surface area contributed by atoms with Gasteiger partial charge in [-0.25, -0.2) is 0 Å². The van der Waals surface area contributed by atoms with Crippen LogP contribution in [0.25, 0.3) is 5.57 Å². The molecule has 5 nitrogen and oxygen atoms in total. The van der Waals surface area contributed by atoms with Crippen LogP contribution in [0.1, 0.15) is 57.4 Å². The molecule has 2 aliphatic rings. The molecule has 1 amide bonds. The van der Waals surface area contributed by atoms with E-state index in [1.54, 1.807) is 12.4 Å². The van der Waals surface area contributed by atoms with Gasteiger partial charge in [-0.05, 0) is 93.1 Å². The Bertz CT molecular complexity index is 1120. The van der Waals surface area contributed by atoms with Crippen LogP contribution < -0.4 is 10.6 Å². The first-order chi connectivity index (χ1) is 16.5. The normalized spacial score (nSPS) is 20.4. The second kappa shape index (κ2) is 10.8. The van der Waals surface area contributed by atoms with E-state index in [0.717, 1.165) is 54.7 Å². The molecule has 0 spiro atoms. The number of carbonyl (C=O) groups excluding carboxylic acids is 1. The SMILES string of the molecule is CNc1ccc(C(=O)NC2CC(C3=CCCC=C3)CN(C)C2)cc1C(=C(C)C)c1ccncc1.[HH].[HH]. The number of rotatable bonds is 6. The number of likely N-dealkylation sites (tertiary alicyclic amines) is 1. The van der Waals surface area contributed by atoms with Crippen LogP contribution in [0.2, 0.25) is 0 Å². The average molecular weight is 461 g/mol. The molecular weight excluding hydrogens is 420 g/mol. The molecule has 1 fully saturated rings. The first kappa shape index (κ1) is 24.0. The summed E-state index contributed by atoms with van der Waals surface area (Å²) in [6.45, 7) is 6.12. The molecule has 34 heavy (non-hydrogen) atoms. The van der Waals surface area contributed by atoms with E-state index in [2.05, 4.69) is 59.6 Å². The van der Waals surface area contributed by atoms with E-state index in [9.17, 15) is 4.79 Å². The van der Waals surface area contributed by atoms with Crippen molar-refractivity contribution in [2.45, 2.75) is 39.2 Å². The lowest BCUT2D eigenvalue weighted by Gasteiger charge is -2.37. The summed E-state index contributed by atoms with van der Waals surface area (Å²) >= 11 is 0. The van der Waals surface area contributed by atoms with Crippen molar-refractivity contribution in [1.29, 1.82) is 0 Å². The average Bonchev–Trinajstić information content (AvgIpc) is 2.84. The highest BCUT2D eigenvalue weighted by atomic mass is 16.1. The number of likely N-dealkylation sites (N-methyl/N-ethyl adjacent to an activating group) is 1. The molecule has 1 saturated heterocycles. The third kappa shape index (κ3) is 5.48. The molecule has 1 aromatic heterocycles. The fourth-order valence-corrected chi connectivity index (χ4v) is 5.21. The van der Waals surface area contributed by atoms with E-state index in [1.165, 1.54) is 11.1 Å². The minimum Gasteiger partial charge on any atom is -0.388 e. The van der Waals surface area contributed by atoms with Gasteiger partial charge in [0.05, 0.1) is 0 Å².